The van der Waals surface area contributed by atoms with Crippen LogP contribution < -0.4 is 10.6 Å². The average molecular weight is 380 g/mol. The molecule has 0 aliphatic carbocycles. The van der Waals surface area contributed by atoms with E-state index < -0.39 is 18.0 Å². The van der Waals surface area contributed by atoms with Gasteiger partial charge in [0.15, 0.2) is 6.19 Å². The van der Waals surface area contributed by atoms with Crippen molar-refractivity contribution in [1.29, 1.82) is 5.26 Å². The van der Waals surface area contributed by atoms with Crippen molar-refractivity contribution >= 4 is 11.9 Å². The molecule has 0 heterocycles. The second kappa shape index (κ2) is 9.97. The van der Waals surface area contributed by atoms with Gasteiger partial charge in [-0.15, -0.1) is 0 Å². The summed E-state index contributed by atoms with van der Waals surface area (Å²) < 4.78 is 0. The molecule has 2 atom stereocenters. The summed E-state index contributed by atoms with van der Waals surface area (Å²) in [6, 6.07) is 14.2. The van der Waals surface area contributed by atoms with Crippen LogP contribution in [0.25, 0.3) is 0 Å². The molecule has 7 heteroatoms. The first-order valence-corrected chi connectivity index (χ1v) is 9.05. The molecular formula is C21H24N4O3. The molecule has 0 radical (unpaired) electrons. The van der Waals surface area contributed by atoms with E-state index in [4.69, 9.17) is 5.26 Å². The highest BCUT2D eigenvalue weighted by molar-refractivity contribution is 5.88. The number of carbonyl (C=O) groups is 2. The van der Waals surface area contributed by atoms with Crippen LogP contribution in [0.5, 0.6) is 5.75 Å². The highest BCUT2D eigenvalue weighted by Gasteiger charge is 2.26. The van der Waals surface area contributed by atoms with E-state index in [-0.39, 0.29) is 24.8 Å². The molecule has 0 fully saturated rings. The highest BCUT2D eigenvalue weighted by atomic mass is 16.3. The molecule has 146 valence electrons. The second-order valence-corrected chi connectivity index (χ2v) is 6.36. The Balaban J connectivity index is 2.11. The minimum absolute atomic E-state index is 0.112. The quantitative estimate of drug-likeness (QED) is 0.507. The van der Waals surface area contributed by atoms with Crippen molar-refractivity contribution < 1.29 is 14.7 Å². The second-order valence-electron chi connectivity index (χ2n) is 6.36. The number of phenolic OH excluding ortho intramolecular Hbond substituents is 1. The normalized spacial score (nSPS) is 12.3. The van der Waals surface area contributed by atoms with Crippen LogP contribution >= 0.6 is 0 Å². The molecule has 2 aromatic carbocycles. The molecule has 0 saturated heterocycles. The number of rotatable bonds is 7. The van der Waals surface area contributed by atoms with Crippen LogP contribution in [-0.2, 0) is 11.2 Å². The van der Waals surface area contributed by atoms with E-state index in [0.29, 0.717) is 0 Å². The van der Waals surface area contributed by atoms with Gasteiger partial charge in [0.05, 0.1) is 6.04 Å². The number of benzene rings is 2. The first kappa shape index (κ1) is 20.8. The van der Waals surface area contributed by atoms with Gasteiger partial charge in [0.1, 0.15) is 11.8 Å². The number of likely N-dealkylation sites (N-methyl/N-ethyl adjacent to an activating group) is 1. The van der Waals surface area contributed by atoms with E-state index in [1.807, 2.05) is 43.4 Å². The van der Waals surface area contributed by atoms with E-state index in [9.17, 15) is 14.7 Å². The van der Waals surface area contributed by atoms with Gasteiger partial charge in [-0.05, 0) is 37.1 Å². The number of hydrogen-bond acceptors (Lipinski definition) is 4. The summed E-state index contributed by atoms with van der Waals surface area (Å²) in [5.74, 6) is -0.373. The Bertz CT molecular complexity index is 831. The number of amides is 3. The van der Waals surface area contributed by atoms with Gasteiger partial charge in [-0.3, -0.25) is 4.79 Å². The summed E-state index contributed by atoms with van der Waals surface area (Å²) >= 11 is 0. The van der Waals surface area contributed by atoms with E-state index in [1.165, 1.54) is 12.1 Å². The number of hydrogen-bond donors (Lipinski definition) is 3. The van der Waals surface area contributed by atoms with E-state index >= 15 is 0 Å². The molecule has 0 saturated carbocycles. The lowest BCUT2D eigenvalue weighted by Crippen LogP contribution is -2.51. The summed E-state index contributed by atoms with van der Waals surface area (Å²) in [5.41, 5.74) is 1.69. The molecule has 7 nitrogen and oxygen atoms in total. The van der Waals surface area contributed by atoms with Crippen molar-refractivity contribution in [2.75, 3.05) is 6.54 Å². The van der Waals surface area contributed by atoms with Gasteiger partial charge in [-0.1, -0.05) is 42.5 Å². The highest BCUT2D eigenvalue weighted by Crippen LogP contribution is 2.13. The molecule has 1 unspecified atom stereocenters. The number of urea groups is 1. The summed E-state index contributed by atoms with van der Waals surface area (Å²) in [4.78, 5) is 26.2. The topological polar surface area (TPSA) is 105 Å². The van der Waals surface area contributed by atoms with Crippen molar-refractivity contribution in [1.82, 2.24) is 15.5 Å². The van der Waals surface area contributed by atoms with Crippen LogP contribution in [0, 0.1) is 11.5 Å². The first-order chi connectivity index (χ1) is 13.4. The van der Waals surface area contributed by atoms with Crippen LogP contribution in [0.2, 0.25) is 0 Å². The van der Waals surface area contributed by atoms with Crippen LogP contribution in [-0.4, -0.2) is 34.5 Å². The molecule has 0 spiro atoms. The number of nitrogens with zero attached hydrogens (tertiary/aromatic N) is 2. The third-order valence-corrected chi connectivity index (χ3v) is 4.33. The predicted molar refractivity (Wildman–Crippen MR) is 105 cm³/mol. The molecule has 2 rings (SSSR count). The smallest absolute Gasteiger partial charge is 0.315 e. The van der Waals surface area contributed by atoms with Gasteiger partial charge in [0.25, 0.3) is 5.91 Å². The van der Waals surface area contributed by atoms with Gasteiger partial charge >= 0.3 is 6.03 Å². The Morgan fingerprint density at radius 2 is 1.75 bits per heavy atom. The largest absolute Gasteiger partial charge is 0.508 e. The fourth-order valence-corrected chi connectivity index (χ4v) is 2.75. The van der Waals surface area contributed by atoms with E-state index in [0.717, 1.165) is 16.0 Å². The van der Waals surface area contributed by atoms with Crippen molar-refractivity contribution in [2.45, 2.75) is 32.4 Å². The van der Waals surface area contributed by atoms with Crippen molar-refractivity contribution in [3.8, 4) is 11.9 Å². The molecule has 2 aromatic rings. The van der Waals surface area contributed by atoms with Crippen molar-refractivity contribution in [3.05, 3.63) is 65.7 Å². The molecule has 28 heavy (non-hydrogen) atoms. The third-order valence-electron chi connectivity index (χ3n) is 4.33. The Morgan fingerprint density at radius 3 is 2.32 bits per heavy atom. The summed E-state index contributed by atoms with van der Waals surface area (Å²) in [5, 5.41) is 24.1. The maximum absolute atomic E-state index is 12.7. The average Bonchev–Trinajstić information content (AvgIpc) is 2.70. The van der Waals surface area contributed by atoms with Gasteiger partial charge < -0.3 is 15.7 Å². The summed E-state index contributed by atoms with van der Waals surface area (Å²) in [6.45, 7) is 3.75. The number of carbonyl (C=O) groups excluding carboxylic acids is 2. The zero-order valence-corrected chi connectivity index (χ0v) is 15.9. The lowest BCUT2D eigenvalue weighted by molar-refractivity contribution is -0.129. The number of phenols is 1. The van der Waals surface area contributed by atoms with Crippen molar-refractivity contribution in [2.24, 2.45) is 0 Å². The standard InChI is InChI=1S/C21H24N4O3/c1-3-25(14-22)20(27)19(13-16-9-11-18(26)12-10-16)24-21(28)23-15(2)17-7-5-4-6-8-17/h4-12,15,19,26H,3,13H2,1-2H3,(H2,23,24,28)/t15-,19?/m0/s1. The van der Waals surface area contributed by atoms with Crippen LogP contribution in [0.4, 0.5) is 4.79 Å². The lowest BCUT2D eigenvalue weighted by atomic mass is 10.0. The van der Waals surface area contributed by atoms with Gasteiger partial charge in [-0.2, -0.15) is 5.26 Å². The Labute approximate surface area is 164 Å². The van der Waals surface area contributed by atoms with Crippen molar-refractivity contribution in [3.63, 3.8) is 0 Å². The molecule has 0 aliphatic rings. The monoisotopic (exact) mass is 380 g/mol. The molecular weight excluding hydrogens is 356 g/mol. The third kappa shape index (κ3) is 5.74. The van der Waals surface area contributed by atoms with Crippen LogP contribution in [0.1, 0.15) is 31.0 Å². The molecule has 0 aliphatic heterocycles. The first-order valence-electron chi connectivity index (χ1n) is 9.05. The Kier molecular flexibility index (Phi) is 7.40. The van der Waals surface area contributed by atoms with E-state index in [2.05, 4.69) is 10.6 Å². The van der Waals surface area contributed by atoms with Gasteiger partial charge in [-0.25, -0.2) is 9.69 Å². The zero-order valence-electron chi connectivity index (χ0n) is 15.9. The van der Waals surface area contributed by atoms with Gasteiger partial charge in [0.2, 0.25) is 0 Å². The number of nitrogens with one attached hydrogen (secondary N) is 2. The minimum Gasteiger partial charge on any atom is -0.508 e. The summed E-state index contributed by atoms with van der Waals surface area (Å²) in [6.07, 6.45) is 2.04. The maximum Gasteiger partial charge on any atom is 0.315 e. The molecule has 0 aromatic heterocycles. The van der Waals surface area contributed by atoms with E-state index in [1.54, 1.807) is 19.1 Å². The molecule has 0 bridgehead atoms. The van der Waals surface area contributed by atoms with Crippen LogP contribution in [0.15, 0.2) is 54.6 Å². The van der Waals surface area contributed by atoms with Crippen LogP contribution in [0.3, 0.4) is 0 Å². The fourth-order valence-electron chi connectivity index (χ4n) is 2.75. The van der Waals surface area contributed by atoms with Gasteiger partial charge in [0, 0.05) is 13.0 Å². The SMILES string of the molecule is CCN(C#N)C(=O)C(Cc1ccc(O)cc1)NC(=O)N[C@@H](C)c1ccccc1. The molecule has 3 N–H and O–H groups in total. The zero-order chi connectivity index (χ0) is 20.5. The Morgan fingerprint density at radius 1 is 1.11 bits per heavy atom. The molecule has 3 amide bonds. The maximum atomic E-state index is 12.7. The number of aromatic hydroxyl groups is 1. The fraction of sp³-hybridized carbons (Fsp3) is 0.286. The lowest BCUT2D eigenvalue weighted by Gasteiger charge is -2.23. The summed E-state index contributed by atoms with van der Waals surface area (Å²) in [7, 11) is 0. The number of nitriles is 1. The predicted octanol–water partition coefficient (Wildman–Crippen LogP) is 2.69. The minimum atomic E-state index is -0.910. The Hall–Kier alpha value is -3.53.